The summed E-state index contributed by atoms with van der Waals surface area (Å²) in [6.45, 7) is 5.64. The molecule has 0 unspecified atom stereocenters. The number of rotatable bonds is 6. The molecule has 0 aliphatic carbocycles. The van der Waals surface area contributed by atoms with E-state index in [1.54, 1.807) is 30.5 Å². The number of thioether (sulfide) groups is 1. The molecule has 1 N–H and O–H groups in total. The molecule has 0 saturated heterocycles. The smallest absolute Gasteiger partial charge is 0.234 e. The number of imidazole rings is 1. The number of amides is 1. The van der Waals surface area contributed by atoms with Gasteiger partial charge >= 0.3 is 0 Å². The molecule has 0 fully saturated rings. The first-order valence-corrected chi connectivity index (χ1v) is 9.56. The van der Waals surface area contributed by atoms with Gasteiger partial charge in [0.2, 0.25) is 5.91 Å². The number of nitrogens with one attached hydrogen (secondary N) is 1. The molecule has 1 amide bonds. The minimum atomic E-state index is -0.120. The van der Waals surface area contributed by atoms with Gasteiger partial charge in [0.15, 0.2) is 10.9 Å². The summed E-state index contributed by atoms with van der Waals surface area (Å²) < 4.78 is 1.99. The van der Waals surface area contributed by atoms with Crippen LogP contribution in [0.1, 0.15) is 28.4 Å². The van der Waals surface area contributed by atoms with E-state index in [4.69, 9.17) is 0 Å². The number of hydrogen-bond donors (Lipinski definition) is 1. The van der Waals surface area contributed by atoms with Crippen LogP contribution in [-0.2, 0) is 4.79 Å². The number of nitrogens with zero attached hydrogens (tertiary/aromatic N) is 2. The molecule has 0 aliphatic heterocycles. The second-order valence-electron chi connectivity index (χ2n) is 6.40. The van der Waals surface area contributed by atoms with Crippen molar-refractivity contribution in [1.82, 2.24) is 9.55 Å². The molecule has 0 bridgehead atoms. The predicted octanol–water partition coefficient (Wildman–Crippen LogP) is 4.42. The van der Waals surface area contributed by atoms with Crippen LogP contribution in [-0.4, -0.2) is 27.0 Å². The summed E-state index contributed by atoms with van der Waals surface area (Å²) in [5, 5.41) is 3.61. The van der Waals surface area contributed by atoms with E-state index in [2.05, 4.69) is 42.3 Å². The van der Waals surface area contributed by atoms with E-state index in [9.17, 15) is 9.59 Å². The monoisotopic (exact) mass is 379 g/mol. The van der Waals surface area contributed by atoms with Crippen molar-refractivity contribution >= 4 is 29.1 Å². The van der Waals surface area contributed by atoms with Crippen LogP contribution in [0.15, 0.2) is 60.0 Å². The van der Waals surface area contributed by atoms with Crippen LogP contribution in [0, 0.1) is 13.8 Å². The number of aromatic nitrogens is 2. The Kier molecular flexibility index (Phi) is 5.76. The third-order valence-electron chi connectivity index (χ3n) is 4.00. The molecule has 6 heteroatoms. The van der Waals surface area contributed by atoms with Gasteiger partial charge in [-0.3, -0.25) is 14.2 Å². The summed E-state index contributed by atoms with van der Waals surface area (Å²) in [5.41, 5.74) is 4.69. The molecule has 5 nitrogen and oxygen atoms in total. The lowest BCUT2D eigenvalue weighted by Gasteiger charge is -2.10. The van der Waals surface area contributed by atoms with Crippen LogP contribution in [0.5, 0.6) is 0 Å². The maximum Gasteiger partial charge on any atom is 0.234 e. The van der Waals surface area contributed by atoms with Gasteiger partial charge in [-0.15, -0.1) is 0 Å². The van der Waals surface area contributed by atoms with Crippen LogP contribution >= 0.6 is 11.8 Å². The molecule has 0 radical (unpaired) electrons. The zero-order valence-corrected chi connectivity index (χ0v) is 16.3. The molecule has 0 aliphatic rings. The van der Waals surface area contributed by atoms with Gasteiger partial charge in [-0.05, 0) is 68.3 Å². The quantitative estimate of drug-likeness (QED) is 0.509. The molecule has 0 saturated carbocycles. The number of benzene rings is 2. The highest BCUT2D eigenvalue weighted by molar-refractivity contribution is 7.99. The summed E-state index contributed by atoms with van der Waals surface area (Å²) in [5.74, 6) is 0.128. The fraction of sp³-hybridized carbons (Fsp3) is 0.190. The Balaban J connectivity index is 1.64. The number of Topliss-reactive ketones (excluding diaryl/α,β-unsaturated/α-hetero) is 1. The molecule has 2 aromatic carbocycles. The van der Waals surface area contributed by atoms with Crippen molar-refractivity contribution in [3.8, 4) is 5.69 Å². The summed E-state index contributed by atoms with van der Waals surface area (Å²) in [7, 11) is 0. The largest absolute Gasteiger partial charge is 0.325 e. The van der Waals surface area contributed by atoms with Crippen molar-refractivity contribution in [1.29, 1.82) is 0 Å². The summed E-state index contributed by atoms with van der Waals surface area (Å²) >= 11 is 1.38. The second kappa shape index (κ2) is 8.22. The molecule has 1 heterocycles. The number of anilines is 1. The molecule has 1 aromatic heterocycles. The maximum atomic E-state index is 12.2. The molecular weight excluding hydrogens is 358 g/mol. The Labute approximate surface area is 162 Å². The van der Waals surface area contributed by atoms with E-state index in [-0.39, 0.29) is 17.4 Å². The van der Waals surface area contributed by atoms with Gasteiger partial charge in [0, 0.05) is 29.3 Å². The fourth-order valence-corrected chi connectivity index (χ4v) is 3.57. The molecule has 3 aromatic rings. The summed E-state index contributed by atoms with van der Waals surface area (Å²) in [6.07, 6.45) is 3.63. The minimum absolute atomic E-state index is 0.00153. The Morgan fingerprint density at radius 3 is 2.37 bits per heavy atom. The van der Waals surface area contributed by atoms with Gasteiger partial charge < -0.3 is 5.32 Å². The Morgan fingerprint density at radius 2 is 1.74 bits per heavy atom. The van der Waals surface area contributed by atoms with Crippen LogP contribution in [0.2, 0.25) is 0 Å². The van der Waals surface area contributed by atoms with Gasteiger partial charge in [0.1, 0.15) is 0 Å². The molecule has 27 heavy (non-hydrogen) atoms. The van der Waals surface area contributed by atoms with Crippen molar-refractivity contribution in [3.63, 3.8) is 0 Å². The SMILES string of the molecule is CC(=O)c1ccc(NC(=O)CSc2nccn2-c2cc(C)cc(C)c2)cc1. The average Bonchev–Trinajstić information content (AvgIpc) is 3.08. The van der Waals surface area contributed by atoms with E-state index in [1.807, 2.05) is 10.8 Å². The molecule has 0 atom stereocenters. The van der Waals surface area contributed by atoms with Gasteiger partial charge in [-0.25, -0.2) is 4.98 Å². The first-order valence-electron chi connectivity index (χ1n) is 8.58. The van der Waals surface area contributed by atoms with Crippen molar-refractivity contribution in [3.05, 3.63) is 71.5 Å². The molecule has 138 valence electrons. The number of carbonyl (C=O) groups is 2. The van der Waals surface area contributed by atoms with E-state index < -0.39 is 0 Å². The van der Waals surface area contributed by atoms with Gasteiger partial charge in [0.25, 0.3) is 0 Å². The van der Waals surface area contributed by atoms with E-state index in [0.717, 1.165) is 10.8 Å². The highest BCUT2D eigenvalue weighted by Crippen LogP contribution is 2.22. The minimum Gasteiger partial charge on any atom is -0.325 e. The number of aryl methyl sites for hydroxylation is 2. The van der Waals surface area contributed by atoms with Gasteiger partial charge in [0.05, 0.1) is 5.75 Å². The standard InChI is InChI=1S/C21H21N3O2S/c1-14-10-15(2)12-19(11-14)24-9-8-22-21(24)27-13-20(26)23-18-6-4-17(5-7-18)16(3)25/h4-12H,13H2,1-3H3,(H,23,26). The van der Waals surface area contributed by atoms with Crippen molar-refractivity contribution in [2.24, 2.45) is 0 Å². The average molecular weight is 379 g/mol. The fourth-order valence-electron chi connectivity index (χ4n) is 2.80. The first kappa shape index (κ1) is 18.9. The first-order chi connectivity index (χ1) is 12.9. The second-order valence-corrected chi connectivity index (χ2v) is 7.34. The van der Waals surface area contributed by atoms with Crippen LogP contribution in [0.4, 0.5) is 5.69 Å². The van der Waals surface area contributed by atoms with Crippen molar-refractivity contribution < 1.29 is 9.59 Å². The van der Waals surface area contributed by atoms with Crippen molar-refractivity contribution in [2.75, 3.05) is 11.1 Å². The zero-order chi connectivity index (χ0) is 19.4. The van der Waals surface area contributed by atoms with Crippen molar-refractivity contribution in [2.45, 2.75) is 25.9 Å². The molecule has 3 rings (SSSR count). The highest BCUT2D eigenvalue weighted by Gasteiger charge is 2.10. The lowest BCUT2D eigenvalue weighted by molar-refractivity contribution is -0.113. The summed E-state index contributed by atoms with van der Waals surface area (Å²) in [4.78, 5) is 27.9. The van der Waals surface area contributed by atoms with Gasteiger partial charge in [-0.2, -0.15) is 0 Å². The summed E-state index contributed by atoms with van der Waals surface area (Å²) in [6, 6.07) is 13.2. The Bertz CT molecular complexity index is 957. The molecule has 0 spiro atoms. The topological polar surface area (TPSA) is 64.0 Å². The number of carbonyl (C=O) groups excluding carboxylic acids is 2. The van der Waals surface area contributed by atoms with Crippen LogP contribution < -0.4 is 5.32 Å². The Hall–Kier alpha value is -2.86. The van der Waals surface area contributed by atoms with Gasteiger partial charge in [-0.1, -0.05) is 17.8 Å². The maximum absolute atomic E-state index is 12.2. The lowest BCUT2D eigenvalue weighted by atomic mass is 10.1. The van der Waals surface area contributed by atoms with Crippen LogP contribution in [0.3, 0.4) is 0 Å². The number of ketones is 1. The predicted molar refractivity (Wildman–Crippen MR) is 109 cm³/mol. The van der Waals surface area contributed by atoms with E-state index in [1.165, 1.54) is 29.8 Å². The molecular formula is C21H21N3O2S. The highest BCUT2D eigenvalue weighted by atomic mass is 32.2. The van der Waals surface area contributed by atoms with Crippen LogP contribution in [0.25, 0.3) is 5.69 Å². The number of hydrogen-bond acceptors (Lipinski definition) is 4. The third kappa shape index (κ3) is 4.86. The Morgan fingerprint density at radius 1 is 1.07 bits per heavy atom. The van der Waals surface area contributed by atoms with E-state index >= 15 is 0 Å². The van der Waals surface area contributed by atoms with E-state index in [0.29, 0.717) is 11.3 Å². The lowest BCUT2D eigenvalue weighted by Crippen LogP contribution is -2.14. The normalized spacial score (nSPS) is 10.6. The zero-order valence-electron chi connectivity index (χ0n) is 15.5. The third-order valence-corrected chi connectivity index (χ3v) is 4.97.